The van der Waals surface area contributed by atoms with Crippen molar-refractivity contribution in [1.29, 1.82) is 5.26 Å². The fraction of sp³-hybridized carbons (Fsp3) is 0.800. The minimum absolute atomic E-state index is 0.237. The molecule has 0 aromatic carbocycles. The number of rotatable bonds is 1. The van der Waals surface area contributed by atoms with Crippen molar-refractivity contribution < 1.29 is 9.53 Å². The van der Waals surface area contributed by atoms with Crippen LogP contribution in [-0.2, 0) is 9.53 Å². The van der Waals surface area contributed by atoms with Crippen LogP contribution in [0.5, 0.6) is 0 Å². The van der Waals surface area contributed by atoms with Crippen LogP contribution in [0.25, 0.3) is 0 Å². The zero-order valence-electron chi connectivity index (χ0n) is 8.32. The monoisotopic (exact) mass is 194 g/mol. The van der Waals surface area contributed by atoms with E-state index in [9.17, 15) is 4.79 Å². The van der Waals surface area contributed by atoms with E-state index in [2.05, 4.69) is 11.0 Å². The van der Waals surface area contributed by atoms with Crippen molar-refractivity contribution in [1.82, 2.24) is 4.90 Å². The molecule has 76 valence electrons. The van der Waals surface area contributed by atoms with Crippen molar-refractivity contribution in [2.24, 2.45) is 5.92 Å². The number of nitrogens with zero attached hydrogens (tertiary/aromatic N) is 2. The summed E-state index contributed by atoms with van der Waals surface area (Å²) in [5.41, 5.74) is -0.859. The largest absolute Gasteiger partial charge is 0.442 e. The quantitative estimate of drug-likeness (QED) is 0.572. The number of fused-ring (bicyclic) bond motifs is 3. The molecule has 0 spiro atoms. The minimum atomic E-state index is -0.859. The number of hydrogen-bond acceptors (Lipinski definition) is 4. The molecule has 3 aliphatic heterocycles. The van der Waals surface area contributed by atoms with Gasteiger partial charge in [0.05, 0.1) is 6.54 Å². The molecule has 0 aliphatic carbocycles. The molecule has 1 atom stereocenters. The predicted octanol–water partition coefficient (Wildman–Crippen LogP) is 0.537. The lowest BCUT2D eigenvalue weighted by Crippen LogP contribution is -2.60. The molecule has 3 saturated heterocycles. The molecular weight excluding hydrogens is 180 g/mol. The number of nitriles is 1. The molecule has 0 unspecified atom stereocenters. The van der Waals surface area contributed by atoms with Crippen molar-refractivity contribution in [3.05, 3.63) is 0 Å². The van der Waals surface area contributed by atoms with Gasteiger partial charge in [0.25, 0.3) is 0 Å². The third kappa shape index (κ3) is 1.38. The first-order chi connectivity index (χ1) is 6.66. The van der Waals surface area contributed by atoms with Gasteiger partial charge in [-0.1, -0.05) is 0 Å². The van der Waals surface area contributed by atoms with Gasteiger partial charge in [0.1, 0.15) is 6.07 Å². The van der Waals surface area contributed by atoms with Crippen molar-refractivity contribution in [2.75, 3.05) is 19.6 Å². The van der Waals surface area contributed by atoms with Crippen molar-refractivity contribution in [3.8, 4) is 6.07 Å². The zero-order chi connectivity index (χ0) is 10.2. The van der Waals surface area contributed by atoms with Crippen LogP contribution in [-0.4, -0.2) is 36.1 Å². The Kier molecular flexibility index (Phi) is 2.20. The number of hydrogen-bond donors (Lipinski definition) is 0. The van der Waals surface area contributed by atoms with Crippen molar-refractivity contribution in [2.45, 2.75) is 25.4 Å². The van der Waals surface area contributed by atoms with E-state index < -0.39 is 5.60 Å². The van der Waals surface area contributed by atoms with Gasteiger partial charge in [-0.05, 0) is 25.9 Å². The van der Waals surface area contributed by atoms with E-state index in [1.54, 1.807) is 0 Å². The molecule has 0 radical (unpaired) electrons. The van der Waals surface area contributed by atoms with Crippen LogP contribution in [0.15, 0.2) is 0 Å². The number of carbonyl (C=O) groups is 1. The van der Waals surface area contributed by atoms with Gasteiger partial charge in [-0.3, -0.25) is 9.69 Å². The highest BCUT2D eigenvalue weighted by Crippen LogP contribution is 2.37. The number of esters is 1. The molecule has 0 aromatic heterocycles. The normalized spacial score (nSPS) is 40.3. The summed E-state index contributed by atoms with van der Waals surface area (Å²) in [6, 6.07) is 2.20. The summed E-state index contributed by atoms with van der Waals surface area (Å²) in [5.74, 6) is -0.110. The second-order valence-electron chi connectivity index (χ2n) is 4.15. The summed E-state index contributed by atoms with van der Waals surface area (Å²) < 4.78 is 5.22. The maximum atomic E-state index is 11.0. The van der Waals surface area contributed by atoms with E-state index in [4.69, 9.17) is 10.00 Å². The van der Waals surface area contributed by atoms with E-state index in [1.807, 2.05) is 0 Å². The molecule has 4 nitrogen and oxygen atoms in total. The average Bonchev–Trinajstić information content (AvgIpc) is 2.18. The van der Waals surface area contributed by atoms with Gasteiger partial charge in [0.2, 0.25) is 5.60 Å². The topological polar surface area (TPSA) is 53.3 Å². The molecule has 3 rings (SSSR count). The molecule has 4 heteroatoms. The Hall–Kier alpha value is -1.08. The first-order valence-corrected chi connectivity index (χ1v) is 4.99. The van der Waals surface area contributed by atoms with E-state index in [0.717, 1.165) is 25.9 Å². The molecule has 0 saturated carbocycles. The Morgan fingerprint density at radius 2 is 2.21 bits per heavy atom. The van der Waals surface area contributed by atoms with Gasteiger partial charge >= 0.3 is 5.97 Å². The summed E-state index contributed by atoms with van der Waals surface area (Å²) >= 11 is 0. The molecule has 2 bridgehead atoms. The summed E-state index contributed by atoms with van der Waals surface area (Å²) in [5, 5.41) is 9.16. The Labute approximate surface area is 83.4 Å². The van der Waals surface area contributed by atoms with E-state index in [1.165, 1.54) is 6.92 Å². The molecule has 0 aromatic rings. The SMILES string of the molecule is CC(=O)O[C@@]1(C#N)CN2CCC1CC2. The summed E-state index contributed by atoms with van der Waals surface area (Å²) in [4.78, 5) is 13.2. The van der Waals surface area contributed by atoms with Crippen molar-refractivity contribution >= 4 is 5.97 Å². The molecule has 3 fully saturated rings. The molecular formula is C10H14N2O2. The Morgan fingerprint density at radius 1 is 1.57 bits per heavy atom. The number of piperidine rings is 3. The van der Waals surface area contributed by atoms with Crippen LogP contribution in [0.1, 0.15) is 19.8 Å². The maximum Gasteiger partial charge on any atom is 0.304 e. The first-order valence-electron chi connectivity index (χ1n) is 4.99. The molecule has 0 N–H and O–H groups in total. The van der Waals surface area contributed by atoms with Gasteiger partial charge in [0, 0.05) is 12.8 Å². The average molecular weight is 194 g/mol. The number of carbonyl (C=O) groups excluding carboxylic acids is 1. The lowest BCUT2D eigenvalue weighted by molar-refractivity contribution is -0.168. The second kappa shape index (κ2) is 3.25. The van der Waals surface area contributed by atoms with Crippen LogP contribution < -0.4 is 0 Å². The maximum absolute atomic E-state index is 11.0. The standard InChI is InChI=1S/C10H14N2O2/c1-8(13)14-10(6-11)7-12-4-2-9(10)3-5-12/h9H,2-5,7H2,1H3/t10-/m0/s1. The minimum Gasteiger partial charge on any atom is -0.442 e. The summed E-state index contributed by atoms with van der Waals surface area (Å²) in [6.07, 6.45) is 1.95. The zero-order valence-corrected chi connectivity index (χ0v) is 8.32. The highest BCUT2D eigenvalue weighted by molar-refractivity contribution is 5.67. The smallest absolute Gasteiger partial charge is 0.304 e. The summed E-state index contributed by atoms with van der Waals surface area (Å²) in [7, 11) is 0. The first kappa shape index (κ1) is 9.47. The van der Waals surface area contributed by atoms with Gasteiger partial charge in [-0.15, -0.1) is 0 Å². The van der Waals surface area contributed by atoms with Crippen LogP contribution in [0.2, 0.25) is 0 Å². The highest BCUT2D eigenvalue weighted by atomic mass is 16.6. The lowest BCUT2D eigenvalue weighted by Gasteiger charge is -2.48. The number of ether oxygens (including phenoxy) is 1. The molecule has 3 aliphatic rings. The van der Waals surface area contributed by atoms with Crippen LogP contribution in [0.3, 0.4) is 0 Å². The molecule has 3 heterocycles. The second-order valence-corrected chi connectivity index (χ2v) is 4.15. The van der Waals surface area contributed by atoms with Gasteiger partial charge in [-0.25, -0.2) is 0 Å². The third-order valence-electron chi connectivity index (χ3n) is 3.22. The van der Waals surface area contributed by atoms with Crippen LogP contribution >= 0.6 is 0 Å². The third-order valence-corrected chi connectivity index (χ3v) is 3.22. The highest BCUT2D eigenvalue weighted by Gasteiger charge is 2.49. The van der Waals surface area contributed by atoms with E-state index in [0.29, 0.717) is 6.54 Å². The fourth-order valence-electron chi connectivity index (χ4n) is 2.54. The Morgan fingerprint density at radius 3 is 2.57 bits per heavy atom. The van der Waals surface area contributed by atoms with Crippen LogP contribution in [0, 0.1) is 17.2 Å². The fourth-order valence-corrected chi connectivity index (χ4v) is 2.54. The molecule has 0 amide bonds. The van der Waals surface area contributed by atoms with E-state index in [-0.39, 0.29) is 11.9 Å². The summed E-state index contributed by atoms with van der Waals surface area (Å²) in [6.45, 7) is 4.04. The lowest BCUT2D eigenvalue weighted by atomic mass is 9.76. The Balaban J connectivity index is 2.20. The van der Waals surface area contributed by atoms with Gasteiger partial charge in [-0.2, -0.15) is 5.26 Å². The van der Waals surface area contributed by atoms with E-state index >= 15 is 0 Å². The van der Waals surface area contributed by atoms with Crippen molar-refractivity contribution in [3.63, 3.8) is 0 Å². The van der Waals surface area contributed by atoms with Gasteiger partial charge in [0.15, 0.2) is 0 Å². The van der Waals surface area contributed by atoms with Gasteiger partial charge < -0.3 is 4.74 Å². The predicted molar refractivity (Wildman–Crippen MR) is 49.3 cm³/mol. The Bertz CT molecular complexity index is 289. The van der Waals surface area contributed by atoms with Crippen LogP contribution in [0.4, 0.5) is 0 Å². The molecule has 14 heavy (non-hydrogen) atoms.